The molecule has 4 heteroatoms. The number of aryl methyl sites for hydroxylation is 1. The number of para-hydroxylation sites is 1. The van der Waals surface area contributed by atoms with Gasteiger partial charge in [-0.2, -0.15) is 0 Å². The van der Waals surface area contributed by atoms with Crippen molar-refractivity contribution in [1.29, 1.82) is 0 Å². The molecule has 3 rings (SSSR count). The molecular weight excluding hydrogens is 278 g/mol. The van der Waals surface area contributed by atoms with Crippen LogP contribution in [0.3, 0.4) is 0 Å². The number of benzene rings is 2. The molecule has 2 aromatic rings. The van der Waals surface area contributed by atoms with Gasteiger partial charge in [-0.15, -0.1) is 0 Å². The number of hydrogen-bond acceptors (Lipinski definition) is 3. The Hall–Kier alpha value is -2.75. The van der Waals surface area contributed by atoms with E-state index in [1.165, 1.54) is 0 Å². The quantitative estimate of drug-likeness (QED) is 0.882. The van der Waals surface area contributed by atoms with Crippen molar-refractivity contribution in [2.75, 3.05) is 19.5 Å². The van der Waals surface area contributed by atoms with Crippen molar-refractivity contribution in [3.05, 3.63) is 53.1 Å². The summed E-state index contributed by atoms with van der Waals surface area (Å²) in [5.74, 6) is 1.24. The van der Waals surface area contributed by atoms with Crippen LogP contribution in [0.2, 0.25) is 0 Å². The van der Waals surface area contributed by atoms with Gasteiger partial charge in [0.05, 0.1) is 19.8 Å². The smallest absolute Gasteiger partial charge is 0.256 e. The van der Waals surface area contributed by atoms with Crippen LogP contribution in [0.1, 0.15) is 16.7 Å². The average molecular weight is 295 g/mol. The normalized spacial score (nSPS) is 14.7. The second kappa shape index (κ2) is 5.56. The van der Waals surface area contributed by atoms with E-state index in [-0.39, 0.29) is 5.91 Å². The summed E-state index contributed by atoms with van der Waals surface area (Å²) in [6, 6.07) is 11.5. The third kappa shape index (κ3) is 2.33. The first-order valence-electron chi connectivity index (χ1n) is 6.99. The summed E-state index contributed by atoms with van der Waals surface area (Å²) in [5.41, 5.74) is 4.11. The number of rotatable bonds is 3. The van der Waals surface area contributed by atoms with Gasteiger partial charge in [-0.1, -0.05) is 18.2 Å². The van der Waals surface area contributed by atoms with Crippen LogP contribution >= 0.6 is 0 Å². The first kappa shape index (κ1) is 14.2. The van der Waals surface area contributed by atoms with Crippen molar-refractivity contribution in [2.24, 2.45) is 0 Å². The van der Waals surface area contributed by atoms with Gasteiger partial charge in [-0.25, -0.2) is 0 Å². The minimum Gasteiger partial charge on any atom is -0.496 e. The van der Waals surface area contributed by atoms with Crippen LogP contribution in [-0.4, -0.2) is 20.1 Å². The molecule has 1 N–H and O–H groups in total. The molecule has 0 unspecified atom stereocenters. The lowest BCUT2D eigenvalue weighted by atomic mass is 10.0. The molecule has 1 amide bonds. The van der Waals surface area contributed by atoms with Gasteiger partial charge in [0.2, 0.25) is 0 Å². The maximum absolute atomic E-state index is 12.2. The van der Waals surface area contributed by atoms with Crippen molar-refractivity contribution >= 4 is 23.2 Å². The molecule has 1 aliphatic heterocycles. The van der Waals surface area contributed by atoms with E-state index in [0.717, 1.165) is 22.4 Å². The van der Waals surface area contributed by atoms with Crippen LogP contribution in [-0.2, 0) is 4.79 Å². The Labute approximate surface area is 129 Å². The summed E-state index contributed by atoms with van der Waals surface area (Å²) in [6.45, 7) is 1.97. The van der Waals surface area contributed by atoms with Gasteiger partial charge in [-0.3, -0.25) is 4.79 Å². The number of amides is 1. The van der Waals surface area contributed by atoms with Crippen molar-refractivity contribution in [2.45, 2.75) is 6.92 Å². The first-order chi connectivity index (χ1) is 10.6. The molecule has 0 atom stereocenters. The molecular formula is C18H17NO3. The Morgan fingerprint density at radius 1 is 1.05 bits per heavy atom. The number of nitrogens with one attached hydrogen (secondary N) is 1. The third-order valence-electron chi connectivity index (χ3n) is 3.69. The summed E-state index contributed by atoms with van der Waals surface area (Å²) in [4.78, 5) is 12.2. The monoisotopic (exact) mass is 295 g/mol. The van der Waals surface area contributed by atoms with Crippen LogP contribution in [0.25, 0.3) is 11.6 Å². The zero-order valence-corrected chi connectivity index (χ0v) is 12.8. The Morgan fingerprint density at radius 2 is 1.68 bits per heavy atom. The average Bonchev–Trinajstić information content (AvgIpc) is 2.84. The second-order valence-electron chi connectivity index (χ2n) is 5.14. The zero-order chi connectivity index (χ0) is 15.7. The van der Waals surface area contributed by atoms with Gasteiger partial charge < -0.3 is 14.8 Å². The van der Waals surface area contributed by atoms with Gasteiger partial charge >= 0.3 is 0 Å². The summed E-state index contributed by atoms with van der Waals surface area (Å²) >= 11 is 0. The van der Waals surface area contributed by atoms with Crippen LogP contribution < -0.4 is 14.8 Å². The maximum atomic E-state index is 12.2. The number of fused-ring (bicyclic) bond motifs is 1. The molecule has 0 fully saturated rings. The minimum atomic E-state index is -0.120. The Balaban J connectivity index is 2.19. The van der Waals surface area contributed by atoms with E-state index in [1.54, 1.807) is 14.2 Å². The first-order valence-corrected chi connectivity index (χ1v) is 6.99. The van der Waals surface area contributed by atoms with Crippen LogP contribution in [0, 0.1) is 6.92 Å². The van der Waals surface area contributed by atoms with E-state index in [9.17, 15) is 4.79 Å². The lowest BCUT2D eigenvalue weighted by Crippen LogP contribution is -2.04. The van der Waals surface area contributed by atoms with Crippen molar-refractivity contribution in [3.63, 3.8) is 0 Å². The molecule has 1 heterocycles. The summed E-state index contributed by atoms with van der Waals surface area (Å²) in [7, 11) is 3.22. The van der Waals surface area contributed by atoms with Gasteiger partial charge in [0.1, 0.15) is 11.5 Å². The molecule has 0 bridgehead atoms. The molecule has 4 nitrogen and oxygen atoms in total. The fraction of sp³-hybridized carbons (Fsp3) is 0.167. The number of hydrogen-bond donors (Lipinski definition) is 1. The maximum Gasteiger partial charge on any atom is 0.256 e. The topological polar surface area (TPSA) is 47.6 Å². The van der Waals surface area contributed by atoms with E-state index < -0.39 is 0 Å². The predicted molar refractivity (Wildman–Crippen MR) is 87.2 cm³/mol. The van der Waals surface area contributed by atoms with E-state index in [2.05, 4.69) is 5.32 Å². The van der Waals surface area contributed by atoms with Crippen molar-refractivity contribution < 1.29 is 14.3 Å². The molecule has 0 aromatic heterocycles. The lowest BCUT2D eigenvalue weighted by molar-refractivity contribution is -0.110. The highest BCUT2D eigenvalue weighted by molar-refractivity contribution is 6.35. The largest absolute Gasteiger partial charge is 0.496 e. The van der Waals surface area contributed by atoms with Gasteiger partial charge in [-0.05, 0) is 36.8 Å². The minimum absolute atomic E-state index is 0.120. The molecule has 22 heavy (non-hydrogen) atoms. The molecule has 0 saturated carbocycles. The van der Waals surface area contributed by atoms with Crippen LogP contribution in [0.15, 0.2) is 36.4 Å². The van der Waals surface area contributed by atoms with Crippen LogP contribution in [0.4, 0.5) is 5.69 Å². The summed E-state index contributed by atoms with van der Waals surface area (Å²) in [5, 5.41) is 2.87. The van der Waals surface area contributed by atoms with Gasteiger partial charge in [0.15, 0.2) is 0 Å². The standard InChI is InChI=1S/C18H17NO3/c1-11-8-16(21-2)14(17(9-11)22-3)10-13-12-6-4-5-7-15(12)19-18(13)20/h4-10H,1-3H3,(H,19,20)/b13-10+. The highest BCUT2D eigenvalue weighted by Gasteiger charge is 2.24. The number of carbonyl (C=O) groups excluding carboxylic acids is 1. The number of ether oxygens (including phenoxy) is 2. The van der Waals surface area contributed by atoms with Gasteiger partial charge in [0.25, 0.3) is 5.91 Å². The van der Waals surface area contributed by atoms with E-state index in [4.69, 9.17) is 9.47 Å². The molecule has 2 aromatic carbocycles. The highest BCUT2D eigenvalue weighted by Crippen LogP contribution is 2.38. The molecule has 0 spiro atoms. The lowest BCUT2D eigenvalue weighted by Gasteiger charge is -2.12. The fourth-order valence-corrected chi connectivity index (χ4v) is 2.64. The summed E-state index contributed by atoms with van der Waals surface area (Å²) < 4.78 is 10.9. The highest BCUT2D eigenvalue weighted by atomic mass is 16.5. The Morgan fingerprint density at radius 3 is 2.32 bits per heavy atom. The number of anilines is 1. The molecule has 0 aliphatic carbocycles. The zero-order valence-electron chi connectivity index (χ0n) is 12.8. The predicted octanol–water partition coefficient (Wildman–Crippen LogP) is 3.50. The van der Waals surface area contributed by atoms with E-state index in [1.807, 2.05) is 49.4 Å². The fourth-order valence-electron chi connectivity index (χ4n) is 2.64. The van der Waals surface area contributed by atoms with Crippen LogP contribution in [0.5, 0.6) is 11.5 Å². The molecule has 0 saturated heterocycles. The second-order valence-corrected chi connectivity index (χ2v) is 5.14. The van der Waals surface area contributed by atoms with Crippen molar-refractivity contribution in [1.82, 2.24) is 0 Å². The molecule has 1 aliphatic rings. The van der Waals surface area contributed by atoms with Gasteiger partial charge in [0, 0.05) is 16.8 Å². The van der Waals surface area contributed by atoms with E-state index in [0.29, 0.717) is 17.1 Å². The molecule has 112 valence electrons. The third-order valence-corrected chi connectivity index (χ3v) is 3.69. The van der Waals surface area contributed by atoms with Crippen molar-refractivity contribution in [3.8, 4) is 11.5 Å². The van der Waals surface area contributed by atoms with E-state index >= 15 is 0 Å². The Kier molecular flexibility index (Phi) is 3.59. The number of carbonyl (C=O) groups is 1. The summed E-state index contributed by atoms with van der Waals surface area (Å²) in [6.07, 6.45) is 1.82. The SMILES string of the molecule is COc1cc(C)cc(OC)c1/C=C1/C(=O)Nc2ccccc21. The molecule has 0 radical (unpaired) electrons. The number of methoxy groups -OCH3 is 2. The Bertz CT molecular complexity index is 753.